The minimum Gasteiger partial charge on any atom is -0.383 e. The summed E-state index contributed by atoms with van der Waals surface area (Å²) >= 11 is 0. The van der Waals surface area contributed by atoms with Gasteiger partial charge in [0, 0.05) is 30.3 Å². The fourth-order valence-electron chi connectivity index (χ4n) is 3.42. The number of hydrogen-bond acceptors (Lipinski definition) is 7. The second-order valence-corrected chi connectivity index (χ2v) is 6.88. The number of aromatic amines is 1. The maximum absolute atomic E-state index is 12.2. The lowest BCUT2D eigenvalue weighted by Crippen LogP contribution is -2.23. The van der Waals surface area contributed by atoms with Gasteiger partial charge in [0.2, 0.25) is 0 Å². The molecule has 0 bridgehead atoms. The standard InChI is InChI=1S/C19H26N8O/c1-3-4-17(14(2)28)18(19-22-24-25-23-19)13-15-5-7-16(8-6-15)20-9-11-27-12-10-21-26-27/h5-8,10,12,17-18,20H,3-4,9,11,13H2,1-2H3,(H,22,23,24,25)/t17-,18+/m1/s1. The molecule has 2 atom stereocenters. The summed E-state index contributed by atoms with van der Waals surface area (Å²) in [6, 6.07) is 8.25. The van der Waals surface area contributed by atoms with E-state index in [0.717, 1.165) is 37.2 Å². The Labute approximate surface area is 163 Å². The van der Waals surface area contributed by atoms with Crippen LogP contribution in [0.2, 0.25) is 0 Å². The quantitative estimate of drug-likeness (QED) is 0.522. The summed E-state index contributed by atoms with van der Waals surface area (Å²) in [6.07, 6.45) is 5.96. The van der Waals surface area contributed by atoms with Crippen molar-refractivity contribution in [3.8, 4) is 0 Å². The molecule has 3 aromatic rings. The molecule has 0 aliphatic heterocycles. The van der Waals surface area contributed by atoms with Crippen molar-refractivity contribution >= 4 is 11.5 Å². The van der Waals surface area contributed by atoms with Crippen LogP contribution < -0.4 is 5.32 Å². The molecule has 0 amide bonds. The first-order valence-corrected chi connectivity index (χ1v) is 9.58. The largest absolute Gasteiger partial charge is 0.383 e. The van der Waals surface area contributed by atoms with E-state index >= 15 is 0 Å². The minimum atomic E-state index is -0.108. The molecule has 9 nitrogen and oxygen atoms in total. The zero-order chi connectivity index (χ0) is 19.8. The number of hydrogen-bond donors (Lipinski definition) is 2. The third-order valence-corrected chi connectivity index (χ3v) is 4.85. The van der Waals surface area contributed by atoms with Gasteiger partial charge in [0.25, 0.3) is 0 Å². The highest BCUT2D eigenvalue weighted by Gasteiger charge is 2.29. The van der Waals surface area contributed by atoms with Crippen LogP contribution in [0.5, 0.6) is 0 Å². The molecule has 2 N–H and O–H groups in total. The van der Waals surface area contributed by atoms with Crippen molar-refractivity contribution in [3.63, 3.8) is 0 Å². The van der Waals surface area contributed by atoms with E-state index in [2.05, 4.69) is 55.3 Å². The smallest absolute Gasteiger partial charge is 0.178 e. The Morgan fingerprint density at radius 3 is 2.71 bits per heavy atom. The van der Waals surface area contributed by atoms with Crippen LogP contribution in [0.4, 0.5) is 5.69 Å². The number of H-pyrrole nitrogens is 1. The number of carbonyl (C=O) groups is 1. The molecule has 0 saturated carbocycles. The second kappa shape index (κ2) is 9.72. The molecule has 2 heterocycles. The number of nitrogens with one attached hydrogen (secondary N) is 2. The van der Waals surface area contributed by atoms with Gasteiger partial charge in [-0.25, -0.2) is 0 Å². The molecule has 2 aromatic heterocycles. The van der Waals surface area contributed by atoms with E-state index in [9.17, 15) is 4.79 Å². The third-order valence-electron chi connectivity index (χ3n) is 4.85. The normalized spacial score (nSPS) is 13.2. The van der Waals surface area contributed by atoms with Gasteiger partial charge >= 0.3 is 0 Å². The SMILES string of the molecule is CCC[C@H](C(C)=O)[C@H](Cc1ccc(NCCn2ccnn2)cc1)c1nn[nH]n1. The second-order valence-electron chi connectivity index (χ2n) is 6.88. The molecule has 3 rings (SSSR count). The zero-order valence-corrected chi connectivity index (χ0v) is 16.2. The zero-order valence-electron chi connectivity index (χ0n) is 16.2. The van der Waals surface area contributed by atoms with Crippen LogP contribution in [0.25, 0.3) is 0 Å². The fraction of sp³-hybridized carbons (Fsp3) is 0.474. The Balaban J connectivity index is 1.64. The van der Waals surface area contributed by atoms with Crippen LogP contribution in [0.1, 0.15) is 44.0 Å². The van der Waals surface area contributed by atoms with Crippen LogP contribution >= 0.6 is 0 Å². The summed E-state index contributed by atoms with van der Waals surface area (Å²) < 4.78 is 1.78. The number of ketones is 1. The first-order chi connectivity index (χ1) is 13.7. The lowest BCUT2D eigenvalue weighted by molar-refractivity contribution is -0.121. The Morgan fingerprint density at radius 1 is 1.29 bits per heavy atom. The van der Waals surface area contributed by atoms with Crippen LogP contribution in [-0.4, -0.2) is 47.9 Å². The molecule has 0 radical (unpaired) electrons. The summed E-state index contributed by atoms with van der Waals surface area (Å²) in [5.41, 5.74) is 2.18. The van der Waals surface area contributed by atoms with Gasteiger partial charge in [-0.15, -0.1) is 15.3 Å². The van der Waals surface area contributed by atoms with Gasteiger partial charge in [-0.2, -0.15) is 5.21 Å². The van der Waals surface area contributed by atoms with Crippen LogP contribution in [0, 0.1) is 5.92 Å². The molecule has 0 aliphatic carbocycles. The molecule has 0 aliphatic rings. The van der Waals surface area contributed by atoms with Gasteiger partial charge < -0.3 is 5.32 Å². The number of carbonyl (C=O) groups excluding carboxylic acids is 1. The first-order valence-electron chi connectivity index (χ1n) is 9.58. The fourth-order valence-corrected chi connectivity index (χ4v) is 3.42. The van der Waals surface area contributed by atoms with Crippen molar-refractivity contribution in [2.45, 2.75) is 45.6 Å². The summed E-state index contributed by atoms with van der Waals surface area (Å²) in [7, 11) is 0. The third kappa shape index (κ3) is 5.21. The average molecular weight is 382 g/mol. The van der Waals surface area contributed by atoms with Gasteiger partial charge in [-0.3, -0.25) is 9.48 Å². The molecular formula is C19H26N8O. The van der Waals surface area contributed by atoms with Crippen molar-refractivity contribution in [2.24, 2.45) is 5.92 Å². The molecule has 0 spiro atoms. The monoisotopic (exact) mass is 382 g/mol. The van der Waals surface area contributed by atoms with Crippen LogP contribution in [0.3, 0.4) is 0 Å². The highest BCUT2D eigenvalue weighted by atomic mass is 16.1. The molecule has 0 fully saturated rings. The van der Waals surface area contributed by atoms with Crippen molar-refractivity contribution < 1.29 is 4.79 Å². The van der Waals surface area contributed by atoms with Crippen molar-refractivity contribution in [1.29, 1.82) is 0 Å². The van der Waals surface area contributed by atoms with Gasteiger partial charge in [0.15, 0.2) is 5.82 Å². The molecule has 9 heteroatoms. The van der Waals surface area contributed by atoms with Gasteiger partial charge in [0.05, 0.1) is 12.7 Å². The Kier molecular flexibility index (Phi) is 6.83. The summed E-state index contributed by atoms with van der Waals surface area (Å²) in [5, 5.41) is 25.6. The van der Waals surface area contributed by atoms with Crippen LogP contribution in [-0.2, 0) is 17.8 Å². The number of tetrazole rings is 1. The Morgan fingerprint density at radius 2 is 2.11 bits per heavy atom. The summed E-state index contributed by atoms with van der Waals surface area (Å²) in [4.78, 5) is 12.2. The van der Waals surface area contributed by atoms with E-state index in [4.69, 9.17) is 0 Å². The lowest BCUT2D eigenvalue weighted by atomic mass is 9.81. The topological polar surface area (TPSA) is 114 Å². The Bertz CT molecular complexity index is 829. The molecule has 0 unspecified atom stereocenters. The Hall–Kier alpha value is -3.10. The molecule has 0 saturated heterocycles. The van der Waals surface area contributed by atoms with E-state index in [1.54, 1.807) is 17.8 Å². The van der Waals surface area contributed by atoms with Crippen molar-refractivity contribution in [1.82, 2.24) is 35.6 Å². The predicted molar refractivity (Wildman–Crippen MR) is 105 cm³/mol. The molecular weight excluding hydrogens is 356 g/mol. The lowest BCUT2D eigenvalue weighted by Gasteiger charge is -2.22. The van der Waals surface area contributed by atoms with Crippen LogP contribution in [0.15, 0.2) is 36.7 Å². The number of anilines is 1. The summed E-state index contributed by atoms with van der Waals surface area (Å²) in [6.45, 7) is 5.24. The van der Waals surface area contributed by atoms with E-state index < -0.39 is 0 Å². The minimum absolute atomic E-state index is 0.0812. The van der Waals surface area contributed by atoms with E-state index in [1.165, 1.54) is 0 Å². The summed E-state index contributed by atoms with van der Waals surface area (Å²) in [5.74, 6) is 0.581. The number of benzene rings is 1. The highest BCUT2D eigenvalue weighted by molar-refractivity contribution is 5.79. The average Bonchev–Trinajstić information content (AvgIpc) is 3.39. The van der Waals surface area contributed by atoms with Gasteiger partial charge in [0.1, 0.15) is 5.78 Å². The number of nitrogens with zero attached hydrogens (tertiary/aromatic N) is 6. The van der Waals surface area contributed by atoms with Crippen molar-refractivity contribution in [3.05, 3.63) is 48.0 Å². The van der Waals surface area contributed by atoms with E-state index in [-0.39, 0.29) is 17.6 Å². The van der Waals surface area contributed by atoms with E-state index in [0.29, 0.717) is 12.2 Å². The predicted octanol–water partition coefficient (Wildman–Crippen LogP) is 2.23. The molecule has 28 heavy (non-hydrogen) atoms. The van der Waals surface area contributed by atoms with Gasteiger partial charge in [-0.05, 0) is 37.5 Å². The molecule has 148 valence electrons. The number of Topliss-reactive ketones (excluding diaryl/α,β-unsaturated/α-hetero) is 1. The van der Waals surface area contributed by atoms with Crippen molar-refractivity contribution in [2.75, 3.05) is 11.9 Å². The van der Waals surface area contributed by atoms with E-state index in [1.807, 2.05) is 18.3 Å². The number of rotatable bonds is 11. The maximum atomic E-state index is 12.2. The van der Waals surface area contributed by atoms with Gasteiger partial charge in [-0.1, -0.05) is 35.9 Å². The maximum Gasteiger partial charge on any atom is 0.178 e. The first kappa shape index (κ1) is 19.7. The highest BCUT2D eigenvalue weighted by Crippen LogP contribution is 2.30. The number of aromatic nitrogens is 7. The molecule has 1 aromatic carbocycles.